The van der Waals surface area contributed by atoms with Gasteiger partial charge in [-0.05, 0) is 26.0 Å². The quantitative estimate of drug-likeness (QED) is 0.488. The molecule has 0 aliphatic heterocycles. The highest BCUT2D eigenvalue weighted by Gasteiger charge is 2.21. The second kappa shape index (κ2) is 6.52. The summed E-state index contributed by atoms with van der Waals surface area (Å²) < 4.78 is 4.65. The smallest absolute Gasteiger partial charge is 0.398 e. The first-order chi connectivity index (χ1) is 8.19. The summed E-state index contributed by atoms with van der Waals surface area (Å²) >= 11 is 0. The normalized spacial score (nSPS) is 9.53. The monoisotopic (exact) mass is 236 g/mol. The first-order valence-electron chi connectivity index (χ1n) is 5.49. The summed E-state index contributed by atoms with van der Waals surface area (Å²) in [5, 5.41) is 1.22. The Labute approximate surface area is 100 Å². The van der Waals surface area contributed by atoms with Crippen LogP contribution in [0.2, 0.25) is 0 Å². The summed E-state index contributed by atoms with van der Waals surface area (Å²) in [4.78, 5) is 22.9. The molecule has 0 saturated carbocycles. The zero-order valence-electron chi connectivity index (χ0n) is 9.97. The lowest BCUT2D eigenvalue weighted by Gasteiger charge is -2.21. The van der Waals surface area contributed by atoms with Crippen LogP contribution in [0.25, 0.3) is 0 Å². The Morgan fingerprint density at radius 3 is 2.41 bits per heavy atom. The molecule has 0 fully saturated rings. The van der Waals surface area contributed by atoms with Gasteiger partial charge in [-0.2, -0.15) is 0 Å². The second-order valence-corrected chi connectivity index (χ2v) is 3.25. The predicted octanol–water partition coefficient (Wildman–Crippen LogP) is 1.43. The average Bonchev–Trinajstić information content (AvgIpc) is 2.36. The Kier molecular flexibility index (Phi) is 5.00. The maximum absolute atomic E-state index is 11.7. The molecule has 5 nitrogen and oxygen atoms in total. The molecule has 1 aromatic rings. The summed E-state index contributed by atoms with van der Waals surface area (Å²) in [6, 6.07) is 9.16. The molecule has 0 aliphatic carbocycles. The number of benzene rings is 1. The minimum atomic E-state index is -0.849. The van der Waals surface area contributed by atoms with Gasteiger partial charge >= 0.3 is 11.9 Å². The molecule has 1 rings (SSSR count). The zero-order chi connectivity index (χ0) is 12.7. The molecule has 1 aromatic carbocycles. The third-order valence-corrected chi connectivity index (χ3v) is 2.05. The maximum Gasteiger partial charge on any atom is 0.398 e. The Hall–Kier alpha value is -2.04. The molecule has 17 heavy (non-hydrogen) atoms. The van der Waals surface area contributed by atoms with E-state index in [1.54, 1.807) is 26.0 Å². The van der Waals surface area contributed by atoms with E-state index in [0.717, 1.165) is 5.69 Å². The number of rotatable bonds is 4. The number of ether oxygens (including phenoxy) is 1. The standard InChI is InChI=1S/C12H16N2O3/c1-3-14(11(15)12(16)17-4-2)13-10-8-6-5-7-9-10/h5-9,13H,3-4H2,1-2H3. The van der Waals surface area contributed by atoms with Crippen LogP contribution < -0.4 is 5.43 Å². The van der Waals surface area contributed by atoms with Crippen molar-refractivity contribution in [1.29, 1.82) is 0 Å². The number of anilines is 1. The third kappa shape index (κ3) is 3.79. The molecule has 1 amide bonds. The molecule has 0 bridgehead atoms. The van der Waals surface area contributed by atoms with Gasteiger partial charge in [0.25, 0.3) is 0 Å². The number of carbonyl (C=O) groups is 2. The molecule has 0 atom stereocenters. The number of esters is 1. The SMILES string of the molecule is CCOC(=O)C(=O)N(CC)Nc1ccccc1. The van der Waals surface area contributed by atoms with E-state index >= 15 is 0 Å². The number of likely N-dealkylation sites (N-methyl/N-ethyl adjacent to an activating group) is 1. The zero-order valence-corrected chi connectivity index (χ0v) is 9.97. The Bertz CT molecular complexity index is 379. The number of amides is 1. The number of hydrazine groups is 1. The lowest BCUT2D eigenvalue weighted by Crippen LogP contribution is -2.41. The van der Waals surface area contributed by atoms with Gasteiger partial charge < -0.3 is 4.74 Å². The van der Waals surface area contributed by atoms with Crippen molar-refractivity contribution in [2.24, 2.45) is 0 Å². The van der Waals surface area contributed by atoms with Crippen molar-refractivity contribution < 1.29 is 14.3 Å². The minimum Gasteiger partial charge on any atom is -0.459 e. The Morgan fingerprint density at radius 1 is 1.24 bits per heavy atom. The predicted molar refractivity (Wildman–Crippen MR) is 64.1 cm³/mol. The topological polar surface area (TPSA) is 58.6 Å². The molecule has 0 aromatic heterocycles. The highest BCUT2D eigenvalue weighted by molar-refractivity contribution is 6.32. The summed E-state index contributed by atoms with van der Waals surface area (Å²) in [5.74, 6) is -1.55. The van der Waals surface area contributed by atoms with Crippen molar-refractivity contribution in [2.45, 2.75) is 13.8 Å². The molecule has 0 unspecified atom stereocenters. The van der Waals surface area contributed by atoms with E-state index in [9.17, 15) is 9.59 Å². The molecule has 0 radical (unpaired) electrons. The lowest BCUT2D eigenvalue weighted by atomic mass is 10.3. The van der Waals surface area contributed by atoms with Crippen molar-refractivity contribution >= 4 is 17.6 Å². The highest BCUT2D eigenvalue weighted by Crippen LogP contribution is 2.07. The van der Waals surface area contributed by atoms with Crippen molar-refractivity contribution in [3.8, 4) is 0 Å². The maximum atomic E-state index is 11.7. The fraction of sp³-hybridized carbons (Fsp3) is 0.333. The van der Waals surface area contributed by atoms with E-state index in [-0.39, 0.29) is 6.61 Å². The van der Waals surface area contributed by atoms with Crippen LogP contribution in [0.4, 0.5) is 5.69 Å². The van der Waals surface area contributed by atoms with Gasteiger partial charge in [0.1, 0.15) is 0 Å². The highest BCUT2D eigenvalue weighted by atomic mass is 16.5. The van der Waals surface area contributed by atoms with E-state index in [1.165, 1.54) is 5.01 Å². The van der Waals surface area contributed by atoms with Crippen LogP contribution in [0, 0.1) is 0 Å². The third-order valence-electron chi connectivity index (χ3n) is 2.05. The summed E-state index contributed by atoms with van der Waals surface area (Å²) in [6.45, 7) is 3.99. The number of hydrogen-bond acceptors (Lipinski definition) is 4. The molecule has 1 N–H and O–H groups in total. The van der Waals surface area contributed by atoms with E-state index in [0.29, 0.717) is 6.54 Å². The van der Waals surface area contributed by atoms with E-state index in [4.69, 9.17) is 0 Å². The summed E-state index contributed by atoms with van der Waals surface area (Å²) in [6.07, 6.45) is 0. The fourth-order valence-electron chi connectivity index (χ4n) is 1.24. The van der Waals surface area contributed by atoms with Gasteiger partial charge in [0.15, 0.2) is 0 Å². The number of para-hydroxylation sites is 1. The average molecular weight is 236 g/mol. The summed E-state index contributed by atoms with van der Waals surface area (Å²) in [5.41, 5.74) is 3.59. The molecule has 0 saturated heterocycles. The second-order valence-electron chi connectivity index (χ2n) is 3.25. The number of carbonyl (C=O) groups excluding carboxylic acids is 2. The fourth-order valence-corrected chi connectivity index (χ4v) is 1.24. The number of nitrogens with zero attached hydrogens (tertiary/aromatic N) is 1. The number of hydrogen-bond donors (Lipinski definition) is 1. The van der Waals surface area contributed by atoms with Crippen LogP contribution >= 0.6 is 0 Å². The van der Waals surface area contributed by atoms with Crippen LogP contribution in [0.1, 0.15) is 13.8 Å². The van der Waals surface area contributed by atoms with Crippen LogP contribution in [0.5, 0.6) is 0 Å². The van der Waals surface area contributed by atoms with E-state index in [1.807, 2.05) is 18.2 Å². The van der Waals surface area contributed by atoms with Crippen LogP contribution in [0.15, 0.2) is 30.3 Å². The van der Waals surface area contributed by atoms with Crippen LogP contribution in [-0.2, 0) is 14.3 Å². The van der Waals surface area contributed by atoms with Crippen molar-refractivity contribution in [1.82, 2.24) is 5.01 Å². The minimum absolute atomic E-state index is 0.188. The van der Waals surface area contributed by atoms with Gasteiger partial charge in [-0.3, -0.25) is 10.2 Å². The van der Waals surface area contributed by atoms with Gasteiger partial charge in [0, 0.05) is 6.54 Å². The largest absolute Gasteiger partial charge is 0.459 e. The van der Waals surface area contributed by atoms with E-state index < -0.39 is 11.9 Å². The molecular weight excluding hydrogens is 220 g/mol. The van der Waals surface area contributed by atoms with E-state index in [2.05, 4.69) is 10.2 Å². The summed E-state index contributed by atoms with van der Waals surface area (Å²) in [7, 11) is 0. The van der Waals surface area contributed by atoms with Crippen LogP contribution in [0.3, 0.4) is 0 Å². The molecular formula is C12H16N2O3. The Morgan fingerprint density at radius 2 is 1.88 bits per heavy atom. The lowest BCUT2D eigenvalue weighted by molar-refractivity contribution is -0.159. The first kappa shape index (κ1) is 13.0. The molecule has 0 heterocycles. The molecule has 92 valence electrons. The van der Waals surface area contributed by atoms with Gasteiger partial charge in [-0.25, -0.2) is 9.80 Å². The van der Waals surface area contributed by atoms with Crippen molar-refractivity contribution in [2.75, 3.05) is 18.6 Å². The molecule has 0 spiro atoms. The first-order valence-corrected chi connectivity index (χ1v) is 5.49. The van der Waals surface area contributed by atoms with Gasteiger partial charge in [0.05, 0.1) is 12.3 Å². The van der Waals surface area contributed by atoms with Crippen molar-refractivity contribution in [3.63, 3.8) is 0 Å². The van der Waals surface area contributed by atoms with Gasteiger partial charge in [-0.15, -0.1) is 0 Å². The van der Waals surface area contributed by atoms with Gasteiger partial charge in [-0.1, -0.05) is 18.2 Å². The van der Waals surface area contributed by atoms with Gasteiger partial charge in [0.2, 0.25) is 0 Å². The van der Waals surface area contributed by atoms with Crippen molar-refractivity contribution in [3.05, 3.63) is 30.3 Å². The number of nitrogens with one attached hydrogen (secondary N) is 1. The molecule has 0 aliphatic rings. The molecule has 5 heteroatoms. The van der Waals surface area contributed by atoms with Crippen LogP contribution in [-0.4, -0.2) is 30.0 Å². The Balaban J connectivity index is 2.66.